The molecule has 3 nitrogen and oxygen atoms in total. The number of hydrogen-bond donors (Lipinski definition) is 1. The third-order valence-electron chi connectivity index (χ3n) is 7.35. The Hall–Kier alpha value is -2.78. The van der Waals surface area contributed by atoms with E-state index in [1.807, 2.05) is 12.1 Å². The lowest BCUT2D eigenvalue weighted by atomic mass is 9.75. The molecule has 2 heterocycles. The number of fused-ring (bicyclic) bond motifs is 1. The van der Waals surface area contributed by atoms with E-state index in [0.717, 1.165) is 17.7 Å². The maximum atomic E-state index is 10.2. The molecule has 3 heteroatoms. The van der Waals surface area contributed by atoms with Crippen molar-refractivity contribution >= 4 is 0 Å². The van der Waals surface area contributed by atoms with Crippen LogP contribution in [0.25, 0.3) is 0 Å². The standard InChI is InChI=1S/C30H35NO2/c32-26-16-17-29-27(21-26)30(28(22-33-29)24-10-3-1-4-11-24)25-14-12-23(13-15-25)9-5-8-20-31-18-6-2-7-19-31/h1,3-4,10-17,21,28,30,32H,2,5-9,18-20,22H2/t28-,30-/m1/s1. The van der Waals surface area contributed by atoms with Crippen LogP contribution in [-0.4, -0.2) is 36.2 Å². The van der Waals surface area contributed by atoms with Gasteiger partial charge in [0.05, 0.1) is 6.61 Å². The van der Waals surface area contributed by atoms with Gasteiger partial charge in [0.1, 0.15) is 11.5 Å². The predicted molar refractivity (Wildman–Crippen MR) is 134 cm³/mol. The molecule has 0 spiro atoms. The molecule has 1 saturated heterocycles. The quantitative estimate of drug-likeness (QED) is 0.424. The fraction of sp³-hybridized carbons (Fsp3) is 0.400. The van der Waals surface area contributed by atoms with Crippen molar-refractivity contribution in [2.45, 2.75) is 50.4 Å². The zero-order chi connectivity index (χ0) is 22.5. The van der Waals surface area contributed by atoms with Crippen LogP contribution in [0, 0.1) is 0 Å². The van der Waals surface area contributed by atoms with Gasteiger partial charge in [0.15, 0.2) is 0 Å². The van der Waals surface area contributed by atoms with E-state index in [9.17, 15) is 5.11 Å². The number of phenolic OH excluding ortho intramolecular Hbond substituents is 1. The molecule has 172 valence electrons. The molecule has 0 aromatic heterocycles. The number of ether oxygens (including phenoxy) is 1. The number of rotatable bonds is 7. The number of hydrogen-bond acceptors (Lipinski definition) is 3. The van der Waals surface area contributed by atoms with Crippen LogP contribution in [0.1, 0.15) is 66.2 Å². The van der Waals surface area contributed by atoms with Gasteiger partial charge in [-0.3, -0.25) is 0 Å². The lowest BCUT2D eigenvalue weighted by Crippen LogP contribution is -2.30. The summed E-state index contributed by atoms with van der Waals surface area (Å²) in [7, 11) is 0. The average molecular weight is 442 g/mol. The van der Waals surface area contributed by atoms with E-state index in [2.05, 4.69) is 59.5 Å². The van der Waals surface area contributed by atoms with Crippen molar-refractivity contribution in [3.05, 3.63) is 95.1 Å². The van der Waals surface area contributed by atoms with Crippen molar-refractivity contribution in [1.29, 1.82) is 0 Å². The number of aryl methyl sites for hydroxylation is 1. The molecule has 0 amide bonds. The summed E-state index contributed by atoms with van der Waals surface area (Å²) in [5.74, 6) is 1.56. The lowest BCUT2D eigenvalue weighted by molar-refractivity contribution is 0.225. The molecule has 3 aromatic rings. The van der Waals surface area contributed by atoms with Crippen molar-refractivity contribution in [3.63, 3.8) is 0 Å². The fourth-order valence-electron chi connectivity index (χ4n) is 5.54. The number of phenols is 1. The van der Waals surface area contributed by atoms with E-state index in [4.69, 9.17) is 4.74 Å². The zero-order valence-electron chi connectivity index (χ0n) is 19.5. The molecule has 1 N–H and O–H groups in total. The van der Waals surface area contributed by atoms with E-state index in [1.54, 1.807) is 6.07 Å². The predicted octanol–water partition coefficient (Wildman–Crippen LogP) is 6.51. The van der Waals surface area contributed by atoms with Crippen LogP contribution in [-0.2, 0) is 6.42 Å². The van der Waals surface area contributed by atoms with Crippen molar-refractivity contribution in [3.8, 4) is 11.5 Å². The van der Waals surface area contributed by atoms with Gasteiger partial charge < -0.3 is 14.7 Å². The number of nitrogens with zero attached hydrogens (tertiary/aromatic N) is 1. The molecule has 0 saturated carbocycles. The summed E-state index contributed by atoms with van der Waals surface area (Å²) in [4.78, 5) is 2.63. The first kappa shape index (κ1) is 22.0. The minimum Gasteiger partial charge on any atom is -0.508 e. The van der Waals surface area contributed by atoms with Gasteiger partial charge in [-0.05, 0) is 86.6 Å². The molecule has 3 aromatic carbocycles. The highest BCUT2D eigenvalue weighted by Gasteiger charge is 2.33. The summed E-state index contributed by atoms with van der Waals surface area (Å²) in [6.45, 7) is 4.47. The summed E-state index contributed by atoms with van der Waals surface area (Å²) < 4.78 is 6.12. The van der Waals surface area contributed by atoms with Gasteiger partial charge >= 0.3 is 0 Å². The molecule has 2 aliphatic rings. The topological polar surface area (TPSA) is 32.7 Å². The van der Waals surface area contributed by atoms with Crippen LogP contribution in [0.5, 0.6) is 11.5 Å². The molecule has 33 heavy (non-hydrogen) atoms. The Kier molecular flexibility index (Phi) is 6.97. The summed E-state index contributed by atoms with van der Waals surface area (Å²) in [5, 5.41) is 10.2. The van der Waals surface area contributed by atoms with Gasteiger partial charge in [-0.25, -0.2) is 0 Å². The van der Waals surface area contributed by atoms with Crippen LogP contribution < -0.4 is 4.74 Å². The maximum Gasteiger partial charge on any atom is 0.123 e. The Bertz CT molecular complexity index is 1020. The highest BCUT2D eigenvalue weighted by molar-refractivity contribution is 5.50. The third-order valence-corrected chi connectivity index (χ3v) is 7.35. The van der Waals surface area contributed by atoms with Crippen molar-refractivity contribution in [2.24, 2.45) is 0 Å². The molecule has 0 aliphatic carbocycles. The minimum absolute atomic E-state index is 0.163. The first-order chi connectivity index (χ1) is 16.3. The molecular weight excluding hydrogens is 406 g/mol. The van der Waals surface area contributed by atoms with Crippen LogP contribution >= 0.6 is 0 Å². The minimum atomic E-state index is 0.163. The number of likely N-dealkylation sites (tertiary alicyclic amines) is 1. The van der Waals surface area contributed by atoms with Gasteiger partial charge in [-0.2, -0.15) is 0 Å². The summed E-state index contributed by atoms with van der Waals surface area (Å²) in [5.41, 5.74) is 5.05. The summed E-state index contributed by atoms with van der Waals surface area (Å²) >= 11 is 0. The van der Waals surface area contributed by atoms with Crippen LogP contribution in [0.4, 0.5) is 0 Å². The first-order valence-corrected chi connectivity index (χ1v) is 12.6. The summed E-state index contributed by atoms with van der Waals surface area (Å²) in [6.07, 6.45) is 7.82. The highest BCUT2D eigenvalue weighted by Crippen LogP contribution is 2.47. The van der Waals surface area contributed by atoms with Crippen LogP contribution in [0.3, 0.4) is 0 Å². The van der Waals surface area contributed by atoms with Crippen LogP contribution in [0.2, 0.25) is 0 Å². The van der Waals surface area contributed by atoms with Gasteiger partial charge in [0.25, 0.3) is 0 Å². The van der Waals surface area contributed by atoms with Gasteiger partial charge in [0.2, 0.25) is 0 Å². The lowest BCUT2D eigenvalue weighted by Gasteiger charge is -2.34. The van der Waals surface area contributed by atoms with E-state index in [-0.39, 0.29) is 11.8 Å². The Balaban J connectivity index is 1.31. The molecule has 5 rings (SSSR count). The van der Waals surface area contributed by atoms with Gasteiger partial charge in [-0.15, -0.1) is 0 Å². The molecule has 2 atom stereocenters. The normalized spacial score (nSPS) is 20.7. The smallest absolute Gasteiger partial charge is 0.123 e. The van der Waals surface area contributed by atoms with Crippen molar-refractivity contribution in [2.75, 3.05) is 26.2 Å². The van der Waals surface area contributed by atoms with E-state index in [1.165, 1.54) is 68.4 Å². The van der Waals surface area contributed by atoms with Crippen LogP contribution in [0.15, 0.2) is 72.8 Å². The van der Waals surface area contributed by atoms with Crippen molar-refractivity contribution in [1.82, 2.24) is 4.90 Å². The average Bonchev–Trinajstić information content (AvgIpc) is 2.87. The maximum absolute atomic E-state index is 10.2. The number of benzene rings is 3. The van der Waals surface area contributed by atoms with Gasteiger partial charge in [0, 0.05) is 17.4 Å². The Morgan fingerprint density at radius 1 is 0.818 bits per heavy atom. The molecule has 0 bridgehead atoms. The number of piperidine rings is 1. The van der Waals surface area contributed by atoms with E-state index in [0.29, 0.717) is 12.4 Å². The molecule has 0 unspecified atom stereocenters. The second-order valence-corrected chi connectivity index (χ2v) is 9.63. The molecule has 1 fully saturated rings. The zero-order valence-corrected chi connectivity index (χ0v) is 19.5. The molecule has 2 aliphatic heterocycles. The Labute approximate surface area is 198 Å². The van der Waals surface area contributed by atoms with Crippen molar-refractivity contribution < 1.29 is 9.84 Å². The molecular formula is C30H35NO2. The summed E-state index contributed by atoms with van der Waals surface area (Å²) in [6, 6.07) is 25.3. The third kappa shape index (κ3) is 5.25. The van der Waals surface area contributed by atoms with Gasteiger partial charge in [-0.1, -0.05) is 61.0 Å². The van der Waals surface area contributed by atoms with E-state index >= 15 is 0 Å². The highest BCUT2D eigenvalue weighted by atomic mass is 16.5. The second kappa shape index (κ2) is 10.4. The monoisotopic (exact) mass is 441 g/mol. The number of aromatic hydroxyl groups is 1. The fourth-order valence-corrected chi connectivity index (χ4v) is 5.54. The SMILES string of the molecule is Oc1ccc2c(c1)[C@@H](c1ccc(CCCCN3CCCCC3)cc1)[C@@H](c1ccccc1)CO2. The first-order valence-electron chi connectivity index (χ1n) is 12.6. The molecule has 0 radical (unpaired) electrons. The Morgan fingerprint density at radius 2 is 1.61 bits per heavy atom. The number of unbranched alkanes of at least 4 members (excludes halogenated alkanes) is 1. The van der Waals surface area contributed by atoms with E-state index < -0.39 is 0 Å². The largest absolute Gasteiger partial charge is 0.508 e. The second-order valence-electron chi connectivity index (χ2n) is 9.63. The Morgan fingerprint density at radius 3 is 2.39 bits per heavy atom.